The van der Waals surface area contributed by atoms with E-state index in [0.29, 0.717) is 33.4 Å². The van der Waals surface area contributed by atoms with E-state index in [-0.39, 0.29) is 0 Å². The van der Waals surface area contributed by atoms with Gasteiger partial charge in [0.25, 0.3) is 0 Å². The Bertz CT molecular complexity index is 370. The number of H-pyrrole nitrogens is 1. The van der Waals surface area contributed by atoms with Crippen LogP contribution in [0.3, 0.4) is 0 Å². The molecular formula is C9H10INO3. The predicted molar refractivity (Wildman–Crippen MR) is 59.6 cm³/mol. The molecular weight excluding hydrogens is 297 g/mol. The van der Waals surface area contributed by atoms with Crippen molar-refractivity contribution >= 4 is 34.8 Å². The van der Waals surface area contributed by atoms with Crippen molar-refractivity contribution in [3.8, 4) is 0 Å². The average Bonchev–Trinajstić information content (AvgIpc) is 2.41. The first-order valence-electron chi connectivity index (χ1n) is 4.12. The Morgan fingerprint density at radius 3 is 2.71 bits per heavy atom. The number of rotatable bonds is 3. The Labute approximate surface area is 95.2 Å². The lowest BCUT2D eigenvalue weighted by Gasteiger charge is -2.00. The minimum atomic E-state index is -0.390. The summed E-state index contributed by atoms with van der Waals surface area (Å²) in [7, 11) is 0. The molecule has 1 rings (SSSR count). The van der Waals surface area contributed by atoms with Gasteiger partial charge in [-0.05, 0) is 42.0 Å². The molecule has 0 aliphatic heterocycles. The van der Waals surface area contributed by atoms with Gasteiger partial charge in [0.1, 0.15) is 0 Å². The number of aldehydes is 1. The molecule has 0 aliphatic carbocycles. The largest absolute Gasteiger partial charge is 0.462 e. The van der Waals surface area contributed by atoms with Crippen molar-refractivity contribution in [3.63, 3.8) is 0 Å². The van der Waals surface area contributed by atoms with Crippen molar-refractivity contribution in [2.75, 3.05) is 6.61 Å². The maximum Gasteiger partial charge on any atom is 0.341 e. The second-order valence-corrected chi connectivity index (χ2v) is 3.77. The Balaban J connectivity index is 3.13. The van der Waals surface area contributed by atoms with E-state index in [2.05, 4.69) is 4.98 Å². The number of aromatic amines is 1. The van der Waals surface area contributed by atoms with Crippen LogP contribution >= 0.6 is 22.6 Å². The fourth-order valence-electron chi connectivity index (χ4n) is 1.14. The third-order valence-corrected chi connectivity index (χ3v) is 2.65. The number of nitrogens with one attached hydrogen (secondary N) is 1. The minimum Gasteiger partial charge on any atom is -0.462 e. The SMILES string of the molecule is CCOC(=O)c1c(I)[nH]c(C=O)c1C. The minimum absolute atomic E-state index is 0.329. The van der Waals surface area contributed by atoms with Gasteiger partial charge in [0.05, 0.1) is 21.6 Å². The van der Waals surface area contributed by atoms with Gasteiger partial charge in [-0.25, -0.2) is 4.79 Å². The van der Waals surface area contributed by atoms with Crippen LogP contribution in [0.15, 0.2) is 0 Å². The van der Waals surface area contributed by atoms with E-state index in [0.717, 1.165) is 0 Å². The van der Waals surface area contributed by atoms with E-state index in [9.17, 15) is 9.59 Å². The Morgan fingerprint density at radius 2 is 2.29 bits per heavy atom. The van der Waals surface area contributed by atoms with Crippen molar-refractivity contribution in [3.05, 3.63) is 20.5 Å². The Hall–Kier alpha value is -0.850. The molecule has 0 fully saturated rings. The smallest absolute Gasteiger partial charge is 0.341 e. The van der Waals surface area contributed by atoms with E-state index < -0.39 is 5.97 Å². The van der Waals surface area contributed by atoms with Crippen LogP contribution < -0.4 is 0 Å². The zero-order valence-corrected chi connectivity index (χ0v) is 10.0. The molecule has 0 spiro atoms. The third kappa shape index (κ3) is 1.97. The second-order valence-electron chi connectivity index (χ2n) is 2.69. The molecule has 1 aromatic heterocycles. The summed E-state index contributed by atoms with van der Waals surface area (Å²) in [5, 5.41) is 0. The van der Waals surface area contributed by atoms with Crippen LogP contribution in [0.1, 0.15) is 33.3 Å². The molecule has 1 aromatic rings. The molecule has 0 saturated carbocycles. The summed E-state index contributed by atoms with van der Waals surface area (Å²) in [4.78, 5) is 24.9. The Kier molecular flexibility index (Phi) is 3.68. The van der Waals surface area contributed by atoms with Gasteiger partial charge in [0, 0.05) is 0 Å². The molecule has 0 aliphatic rings. The number of ether oxygens (including phenoxy) is 1. The summed E-state index contributed by atoms with van der Waals surface area (Å²) in [6.07, 6.45) is 0.695. The number of halogens is 1. The Morgan fingerprint density at radius 1 is 1.64 bits per heavy atom. The highest BCUT2D eigenvalue weighted by molar-refractivity contribution is 14.1. The van der Waals surface area contributed by atoms with E-state index in [4.69, 9.17) is 4.74 Å². The van der Waals surface area contributed by atoms with Crippen LogP contribution in [0.25, 0.3) is 0 Å². The van der Waals surface area contributed by atoms with Gasteiger partial charge in [-0.15, -0.1) is 0 Å². The van der Waals surface area contributed by atoms with Gasteiger partial charge in [-0.1, -0.05) is 0 Å². The highest BCUT2D eigenvalue weighted by Crippen LogP contribution is 2.19. The molecule has 0 atom stereocenters. The van der Waals surface area contributed by atoms with Gasteiger partial charge in [-0.3, -0.25) is 4.79 Å². The molecule has 0 radical (unpaired) electrons. The molecule has 1 heterocycles. The van der Waals surface area contributed by atoms with Crippen molar-refractivity contribution in [2.45, 2.75) is 13.8 Å². The number of aromatic nitrogens is 1. The maximum atomic E-state index is 11.5. The highest BCUT2D eigenvalue weighted by atomic mass is 127. The monoisotopic (exact) mass is 307 g/mol. The molecule has 0 aromatic carbocycles. The van der Waals surface area contributed by atoms with Crippen LogP contribution in [-0.2, 0) is 4.74 Å². The van der Waals surface area contributed by atoms with Gasteiger partial charge in [-0.2, -0.15) is 0 Å². The fourth-order valence-corrected chi connectivity index (χ4v) is 2.05. The average molecular weight is 307 g/mol. The van der Waals surface area contributed by atoms with Crippen molar-refractivity contribution in [1.29, 1.82) is 0 Å². The van der Waals surface area contributed by atoms with Gasteiger partial charge in [0.2, 0.25) is 0 Å². The third-order valence-electron chi connectivity index (χ3n) is 1.84. The topological polar surface area (TPSA) is 59.2 Å². The van der Waals surface area contributed by atoms with Crippen LogP contribution in [0.5, 0.6) is 0 Å². The summed E-state index contributed by atoms with van der Waals surface area (Å²) in [6.45, 7) is 3.79. The lowest BCUT2D eigenvalue weighted by atomic mass is 10.2. The number of hydrogen-bond acceptors (Lipinski definition) is 3. The number of carbonyl (C=O) groups is 2. The van der Waals surface area contributed by atoms with E-state index >= 15 is 0 Å². The molecule has 1 N–H and O–H groups in total. The molecule has 0 amide bonds. The van der Waals surface area contributed by atoms with E-state index in [1.807, 2.05) is 22.6 Å². The van der Waals surface area contributed by atoms with E-state index in [1.54, 1.807) is 13.8 Å². The second kappa shape index (κ2) is 4.59. The van der Waals surface area contributed by atoms with Crippen LogP contribution in [0.4, 0.5) is 0 Å². The first-order valence-corrected chi connectivity index (χ1v) is 5.20. The summed E-state index contributed by atoms with van der Waals surface area (Å²) in [6, 6.07) is 0. The zero-order chi connectivity index (χ0) is 10.7. The summed E-state index contributed by atoms with van der Waals surface area (Å²) in [5.41, 5.74) is 1.52. The van der Waals surface area contributed by atoms with Crippen molar-refractivity contribution in [1.82, 2.24) is 4.98 Å². The van der Waals surface area contributed by atoms with Crippen molar-refractivity contribution < 1.29 is 14.3 Å². The summed E-state index contributed by atoms with van der Waals surface area (Å²) < 4.78 is 5.51. The molecule has 0 bridgehead atoms. The first kappa shape index (κ1) is 11.2. The number of carbonyl (C=O) groups excluding carboxylic acids is 2. The maximum absolute atomic E-state index is 11.5. The van der Waals surface area contributed by atoms with Crippen LogP contribution in [-0.4, -0.2) is 23.8 Å². The molecule has 5 heteroatoms. The van der Waals surface area contributed by atoms with Gasteiger partial charge in [0.15, 0.2) is 6.29 Å². The quantitative estimate of drug-likeness (QED) is 0.527. The van der Waals surface area contributed by atoms with Crippen LogP contribution in [0, 0.1) is 10.6 Å². The molecule has 0 unspecified atom stereocenters. The molecule has 14 heavy (non-hydrogen) atoms. The zero-order valence-electron chi connectivity index (χ0n) is 7.89. The predicted octanol–water partition coefficient (Wildman–Crippen LogP) is 1.92. The highest BCUT2D eigenvalue weighted by Gasteiger charge is 2.19. The lowest BCUT2D eigenvalue weighted by molar-refractivity contribution is 0.0524. The summed E-state index contributed by atoms with van der Waals surface area (Å²) in [5.74, 6) is -0.390. The number of esters is 1. The fraction of sp³-hybridized carbons (Fsp3) is 0.333. The first-order chi connectivity index (χ1) is 6.61. The molecule has 4 nitrogen and oxygen atoms in total. The standard InChI is InChI=1S/C9H10INO3/c1-3-14-9(13)7-5(2)6(4-12)11-8(7)10/h4,11H,3H2,1-2H3. The van der Waals surface area contributed by atoms with Gasteiger partial charge < -0.3 is 9.72 Å². The number of hydrogen-bond donors (Lipinski definition) is 1. The summed E-state index contributed by atoms with van der Waals surface area (Å²) >= 11 is 1.97. The van der Waals surface area contributed by atoms with E-state index in [1.165, 1.54) is 0 Å². The lowest BCUT2D eigenvalue weighted by Crippen LogP contribution is -2.06. The van der Waals surface area contributed by atoms with Crippen molar-refractivity contribution in [2.24, 2.45) is 0 Å². The normalized spacial score (nSPS) is 9.93. The van der Waals surface area contributed by atoms with Crippen LogP contribution in [0.2, 0.25) is 0 Å². The van der Waals surface area contributed by atoms with Gasteiger partial charge >= 0.3 is 5.97 Å². The molecule has 76 valence electrons. The molecule has 0 saturated heterocycles.